The molecular weight excluding hydrogens is 307 g/mol. The van der Waals surface area contributed by atoms with Gasteiger partial charge in [0.15, 0.2) is 0 Å². The van der Waals surface area contributed by atoms with Crippen LogP contribution in [0.5, 0.6) is 0 Å². The minimum absolute atomic E-state index is 0.0478. The van der Waals surface area contributed by atoms with Crippen molar-refractivity contribution >= 4 is 45.9 Å². The second-order valence-electron chi connectivity index (χ2n) is 3.95. The molecule has 1 unspecified atom stereocenters. The van der Waals surface area contributed by atoms with Crippen LogP contribution in [-0.2, 0) is 0 Å². The first-order valence-electron chi connectivity index (χ1n) is 5.43. The van der Waals surface area contributed by atoms with Crippen molar-refractivity contribution in [3.05, 3.63) is 54.7 Å². The van der Waals surface area contributed by atoms with Crippen LogP contribution in [0.4, 0.5) is 11.4 Å². The Labute approximate surface area is 124 Å². The van der Waals surface area contributed by atoms with E-state index in [-0.39, 0.29) is 11.7 Å². The Balaban J connectivity index is 2.19. The third-order valence-electron chi connectivity index (χ3n) is 2.59. The number of anilines is 1. The summed E-state index contributed by atoms with van der Waals surface area (Å²) in [5.41, 5.74) is 1.59. The molecule has 0 radical (unpaired) electrons. The topological polar surface area (TPSA) is 55.2 Å². The molecule has 0 aliphatic heterocycles. The van der Waals surface area contributed by atoms with Crippen molar-refractivity contribution in [1.82, 2.24) is 0 Å². The zero-order valence-electron chi connectivity index (χ0n) is 9.89. The molecule has 0 saturated carbocycles. The quantitative estimate of drug-likeness (QED) is 0.628. The van der Waals surface area contributed by atoms with Gasteiger partial charge in [-0.3, -0.25) is 10.1 Å². The van der Waals surface area contributed by atoms with Crippen molar-refractivity contribution in [2.45, 2.75) is 13.0 Å². The molecule has 1 heterocycles. The SMILES string of the molecule is CC(Nc1cccc([N+](=O)[O-])c1)c1cc(Cl)sc1Cl. The van der Waals surface area contributed by atoms with Crippen LogP contribution in [0.2, 0.25) is 8.67 Å². The molecule has 0 spiro atoms. The lowest BCUT2D eigenvalue weighted by molar-refractivity contribution is -0.384. The number of hydrogen-bond acceptors (Lipinski definition) is 4. The Morgan fingerprint density at radius 2 is 2.11 bits per heavy atom. The van der Waals surface area contributed by atoms with Crippen molar-refractivity contribution in [3.63, 3.8) is 0 Å². The fourth-order valence-electron chi connectivity index (χ4n) is 1.69. The molecule has 2 rings (SSSR count). The van der Waals surface area contributed by atoms with E-state index in [1.54, 1.807) is 18.2 Å². The van der Waals surface area contributed by atoms with Crippen LogP contribution in [0.1, 0.15) is 18.5 Å². The Kier molecular flexibility index (Phi) is 4.29. The summed E-state index contributed by atoms with van der Waals surface area (Å²) in [4.78, 5) is 10.3. The number of halogens is 2. The largest absolute Gasteiger partial charge is 0.378 e. The monoisotopic (exact) mass is 316 g/mol. The second kappa shape index (κ2) is 5.77. The fraction of sp³-hybridized carbons (Fsp3) is 0.167. The molecule has 2 aromatic rings. The highest BCUT2D eigenvalue weighted by Crippen LogP contribution is 2.36. The maximum Gasteiger partial charge on any atom is 0.271 e. The third-order valence-corrected chi connectivity index (χ3v) is 4.11. The molecule has 7 heteroatoms. The van der Waals surface area contributed by atoms with Gasteiger partial charge in [-0.2, -0.15) is 0 Å². The third kappa shape index (κ3) is 3.37. The highest BCUT2D eigenvalue weighted by molar-refractivity contribution is 7.20. The van der Waals surface area contributed by atoms with Gasteiger partial charge in [0.2, 0.25) is 0 Å². The number of non-ortho nitro benzene ring substituents is 1. The van der Waals surface area contributed by atoms with Crippen molar-refractivity contribution in [1.29, 1.82) is 0 Å². The number of nitro groups is 1. The van der Waals surface area contributed by atoms with Crippen LogP contribution in [0.25, 0.3) is 0 Å². The van der Waals surface area contributed by atoms with E-state index in [0.29, 0.717) is 14.4 Å². The van der Waals surface area contributed by atoms with Gasteiger partial charge in [-0.15, -0.1) is 11.3 Å². The molecule has 100 valence electrons. The predicted octanol–water partition coefficient (Wildman–Crippen LogP) is 5.14. The predicted molar refractivity (Wildman–Crippen MR) is 79.5 cm³/mol. The summed E-state index contributed by atoms with van der Waals surface area (Å²) >= 11 is 13.3. The molecule has 1 N–H and O–H groups in total. The Hall–Kier alpha value is -1.30. The van der Waals surface area contributed by atoms with Crippen LogP contribution < -0.4 is 5.32 Å². The molecule has 1 aromatic heterocycles. The summed E-state index contributed by atoms with van der Waals surface area (Å²) in [6.45, 7) is 1.92. The van der Waals surface area contributed by atoms with Crippen molar-refractivity contribution in [3.8, 4) is 0 Å². The minimum Gasteiger partial charge on any atom is -0.378 e. The zero-order valence-corrected chi connectivity index (χ0v) is 12.2. The van der Waals surface area contributed by atoms with Crippen LogP contribution in [0.3, 0.4) is 0 Å². The second-order valence-corrected chi connectivity index (χ2v) is 6.24. The van der Waals surface area contributed by atoms with Gasteiger partial charge in [0.25, 0.3) is 5.69 Å². The maximum atomic E-state index is 10.7. The Bertz CT molecular complexity index is 616. The van der Waals surface area contributed by atoms with Gasteiger partial charge >= 0.3 is 0 Å². The molecule has 0 aliphatic rings. The van der Waals surface area contributed by atoms with Gasteiger partial charge in [0.05, 0.1) is 19.6 Å². The fourth-order valence-corrected chi connectivity index (χ4v) is 3.33. The molecule has 0 fully saturated rings. The standard InChI is InChI=1S/C12H10Cl2N2O2S/c1-7(10-6-11(13)19-12(10)14)15-8-3-2-4-9(5-8)16(17)18/h2-7,15H,1H3. The van der Waals surface area contributed by atoms with Crippen LogP contribution in [0, 0.1) is 10.1 Å². The van der Waals surface area contributed by atoms with Crippen LogP contribution >= 0.6 is 34.5 Å². The summed E-state index contributed by atoms with van der Waals surface area (Å²) in [7, 11) is 0. The zero-order chi connectivity index (χ0) is 14.0. The van der Waals surface area contributed by atoms with Crippen molar-refractivity contribution in [2.75, 3.05) is 5.32 Å². The summed E-state index contributed by atoms with van der Waals surface area (Å²) in [6, 6.07) is 8.05. The van der Waals surface area contributed by atoms with E-state index in [9.17, 15) is 10.1 Å². The minimum atomic E-state index is -0.426. The molecular formula is C12H10Cl2N2O2S. The Morgan fingerprint density at radius 3 is 2.68 bits per heavy atom. The van der Waals surface area contributed by atoms with E-state index in [1.165, 1.54) is 23.5 Å². The lowest BCUT2D eigenvalue weighted by Gasteiger charge is -2.14. The average Bonchev–Trinajstić information content (AvgIpc) is 2.69. The lowest BCUT2D eigenvalue weighted by Crippen LogP contribution is -2.06. The van der Waals surface area contributed by atoms with E-state index in [2.05, 4.69) is 5.32 Å². The molecule has 1 atom stereocenters. The number of benzene rings is 1. The first-order valence-corrected chi connectivity index (χ1v) is 7.00. The van der Waals surface area contributed by atoms with Crippen molar-refractivity contribution < 1.29 is 4.92 Å². The van der Waals surface area contributed by atoms with Gasteiger partial charge in [-0.25, -0.2) is 0 Å². The number of hydrogen-bond donors (Lipinski definition) is 1. The highest BCUT2D eigenvalue weighted by atomic mass is 35.5. The molecule has 4 nitrogen and oxygen atoms in total. The molecule has 19 heavy (non-hydrogen) atoms. The molecule has 1 aromatic carbocycles. The maximum absolute atomic E-state index is 10.7. The molecule has 0 saturated heterocycles. The smallest absolute Gasteiger partial charge is 0.271 e. The van der Waals surface area contributed by atoms with Crippen molar-refractivity contribution in [2.24, 2.45) is 0 Å². The number of nitro benzene ring substituents is 1. The molecule has 0 aliphatic carbocycles. The number of nitrogens with one attached hydrogen (secondary N) is 1. The van der Waals surface area contributed by atoms with E-state index in [4.69, 9.17) is 23.2 Å². The number of rotatable bonds is 4. The molecule has 0 amide bonds. The average molecular weight is 317 g/mol. The van der Waals surface area contributed by atoms with Gasteiger partial charge < -0.3 is 5.32 Å². The summed E-state index contributed by atoms with van der Waals surface area (Å²) in [5, 5.41) is 13.9. The highest BCUT2D eigenvalue weighted by Gasteiger charge is 2.14. The van der Waals surface area contributed by atoms with E-state index < -0.39 is 4.92 Å². The molecule has 0 bridgehead atoms. The van der Waals surface area contributed by atoms with Gasteiger partial charge in [0, 0.05) is 23.4 Å². The van der Waals surface area contributed by atoms with E-state index >= 15 is 0 Å². The first kappa shape index (κ1) is 14.1. The summed E-state index contributed by atoms with van der Waals surface area (Å²) < 4.78 is 1.24. The van der Waals surface area contributed by atoms with Crippen LogP contribution in [0.15, 0.2) is 30.3 Å². The van der Waals surface area contributed by atoms with E-state index in [0.717, 1.165) is 5.56 Å². The van der Waals surface area contributed by atoms with Gasteiger partial charge in [-0.05, 0) is 19.1 Å². The van der Waals surface area contributed by atoms with Gasteiger partial charge in [-0.1, -0.05) is 29.3 Å². The number of thiophene rings is 1. The summed E-state index contributed by atoms with van der Waals surface area (Å²) in [6.07, 6.45) is 0. The number of nitrogens with zero attached hydrogens (tertiary/aromatic N) is 1. The van der Waals surface area contributed by atoms with E-state index in [1.807, 2.05) is 6.92 Å². The lowest BCUT2D eigenvalue weighted by atomic mass is 10.1. The summed E-state index contributed by atoms with van der Waals surface area (Å²) in [5.74, 6) is 0. The van der Waals surface area contributed by atoms with Gasteiger partial charge in [0.1, 0.15) is 0 Å². The Morgan fingerprint density at radius 1 is 1.37 bits per heavy atom. The normalized spacial score (nSPS) is 12.2. The van der Waals surface area contributed by atoms with Crippen LogP contribution in [-0.4, -0.2) is 4.92 Å². The first-order chi connectivity index (χ1) is 8.97.